The molecule has 0 bridgehead atoms. The molecule has 166 valence electrons. The summed E-state index contributed by atoms with van der Waals surface area (Å²) in [5.41, 5.74) is 10.9. The van der Waals surface area contributed by atoms with E-state index in [1.807, 2.05) is 6.26 Å². The van der Waals surface area contributed by atoms with Gasteiger partial charge in [0.25, 0.3) is 0 Å². The molecular formula is C17H31N5O6S. The molecule has 0 saturated heterocycles. The zero-order valence-electron chi connectivity index (χ0n) is 16.9. The molecule has 0 rings (SSSR count). The number of carbonyl (C=O) groups excluding carboxylic acids is 4. The van der Waals surface area contributed by atoms with Crippen molar-refractivity contribution in [3.8, 4) is 0 Å². The number of nitrogens with two attached hydrogens (primary N) is 2. The summed E-state index contributed by atoms with van der Waals surface area (Å²) in [6, 6.07) is -2.93. The highest BCUT2D eigenvalue weighted by molar-refractivity contribution is 7.98. The van der Waals surface area contributed by atoms with Gasteiger partial charge in [0.2, 0.25) is 23.6 Å². The van der Waals surface area contributed by atoms with Crippen LogP contribution in [0.5, 0.6) is 0 Å². The lowest BCUT2D eigenvalue weighted by molar-refractivity contribution is -0.138. The second kappa shape index (κ2) is 13.8. The van der Waals surface area contributed by atoms with E-state index in [1.165, 1.54) is 0 Å². The van der Waals surface area contributed by atoms with E-state index < -0.39 is 54.3 Å². The molecule has 0 aliphatic rings. The third-order valence-corrected chi connectivity index (χ3v) is 4.59. The Kier molecular flexibility index (Phi) is 12.7. The Bertz CT molecular complexity index is 601. The lowest BCUT2D eigenvalue weighted by atomic mass is 10.0. The smallest absolute Gasteiger partial charge is 0.322 e. The molecule has 0 aromatic carbocycles. The first-order valence-electron chi connectivity index (χ1n) is 9.12. The summed E-state index contributed by atoms with van der Waals surface area (Å²) in [4.78, 5) is 58.8. The van der Waals surface area contributed by atoms with Gasteiger partial charge < -0.3 is 32.5 Å². The minimum absolute atomic E-state index is 0.113. The van der Waals surface area contributed by atoms with Crippen LogP contribution in [0.4, 0.5) is 0 Å². The molecule has 11 nitrogen and oxygen atoms in total. The molecule has 29 heavy (non-hydrogen) atoms. The molecule has 3 unspecified atom stereocenters. The van der Waals surface area contributed by atoms with Crippen LogP contribution in [0.15, 0.2) is 0 Å². The normalized spacial score (nSPS) is 13.8. The molecule has 0 radical (unpaired) electrons. The fraction of sp³-hybridized carbons (Fsp3) is 0.706. The fourth-order valence-corrected chi connectivity index (χ4v) is 2.76. The number of carboxylic acid groups (broad SMARTS) is 1. The van der Waals surface area contributed by atoms with Gasteiger partial charge in [-0.2, -0.15) is 11.8 Å². The quantitative estimate of drug-likeness (QED) is 0.184. The number of amides is 4. The third kappa shape index (κ3) is 11.3. The van der Waals surface area contributed by atoms with E-state index in [0.29, 0.717) is 12.2 Å². The van der Waals surface area contributed by atoms with Gasteiger partial charge in [-0.3, -0.25) is 24.0 Å². The van der Waals surface area contributed by atoms with E-state index in [2.05, 4.69) is 16.0 Å². The molecule has 0 aromatic heterocycles. The Balaban J connectivity index is 5.15. The van der Waals surface area contributed by atoms with Crippen LogP contribution in [0.1, 0.15) is 33.1 Å². The number of nitrogens with one attached hydrogen (secondary N) is 3. The van der Waals surface area contributed by atoms with E-state index in [-0.39, 0.29) is 18.8 Å². The molecule has 0 aromatic rings. The lowest BCUT2D eigenvalue weighted by Crippen LogP contribution is -2.57. The van der Waals surface area contributed by atoms with Gasteiger partial charge in [0.15, 0.2) is 0 Å². The third-order valence-electron chi connectivity index (χ3n) is 3.94. The number of aliphatic carboxylic acids is 1. The van der Waals surface area contributed by atoms with Gasteiger partial charge in [0, 0.05) is 6.42 Å². The molecule has 0 aliphatic heterocycles. The van der Waals surface area contributed by atoms with Crippen molar-refractivity contribution in [3.05, 3.63) is 0 Å². The highest BCUT2D eigenvalue weighted by atomic mass is 32.2. The molecule has 3 atom stereocenters. The summed E-state index contributed by atoms with van der Waals surface area (Å²) in [6.07, 6.45) is 2.02. The number of hydrogen-bond donors (Lipinski definition) is 6. The first kappa shape index (κ1) is 26.7. The van der Waals surface area contributed by atoms with Crippen molar-refractivity contribution in [2.45, 2.75) is 51.2 Å². The maximum Gasteiger partial charge on any atom is 0.322 e. The van der Waals surface area contributed by atoms with Crippen LogP contribution in [0, 0.1) is 5.92 Å². The minimum Gasteiger partial charge on any atom is -0.480 e. The monoisotopic (exact) mass is 433 g/mol. The van der Waals surface area contributed by atoms with Crippen molar-refractivity contribution in [3.63, 3.8) is 0 Å². The largest absolute Gasteiger partial charge is 0.480 e. The van der Waals surface area contributed by atoms with E-state index in [0.717, 1.165) is 0 Å². The van der Waals surface area contributed by atoms with Crippen LogP contribution < -0.4 is 27.4 Å². The van der Waals surface area contributed by atoms with Crippen LogP contribution >= 0.6 is 11.8 Å². The predicted molar refractivity (Wildman–Crippen MR) is 109 cm³/mol. The maximum atomic E-state index is 12.7. The molecule has 12 heteroatoms. The van der Waals surface area contributed by atoms with Gasteiger partial charge in [-0.25, -0.2) is 0 Å². The molecule has 8 N–H and O–H groups in total. The van der Waals surface area contributed by atoms with Crippen LogP contribution in [0.2, 0.25) is 0 Å². The predicted octanol–water partition coefficient (Wildman–Crippen LogP) is -1.84. The van der Waals surface area contributed by atoms with Gasteiger partial charge in [0.05, 0.1) is 6.04 Å². The van der Waals surface area contributed by atoms with Gasteiger partial charge in [-0.05, 0) is 30.8 Å². The average molecular weight is 434 g/mol. The Morgan fingerprint density at radius 1 is 1.00 bits per heavy atom. The van der Waals surface area contributed by atoms with Crippen LogP contribution in [-0.4, -0.2) is 71.4 Å². The topological polar surface area (TPSA) is 194 Å². The summed E-state index contributed by atoms with van der Waals surface area (Å²) >= 11 is 1.54. The number of hydrogen-bond acceptors (Lipinski definition) is 7. The lowest BCUT2D eigenvalue weighted by Gasteiger charge is -2.26. The molecule has 0 fully saturated rings. The zero-order valence-corrected chi connectivity index (χ0v) is 17.7. The van der Waals surface area contributed by atoms with Gasteiger partial charge in [-0.1, -0.05) is 13.8 Å². The number of rotatable bonds is 14. The number of thioether (sulfide) groups is 1. The van der Waals surface area contributed by atoms with Crippen LogP contribution in [0.3, 0.4) is 0 Å². The molecule has 0 spiro atoms. The summed E-state index contributed by atoms with van der Waals surface area (Å²) < 4.78 is 0. The van der Waals surface area contributed by atoms with Crippen molar-refractivity contribution >= 4 is 41.4 Å². The number of carbonyl (C=O) groups is 5. The summed E-state index contributed by atoms with van der Waals surface area (Å²) in [5, 5.41) is 15.9. The van der Waals surface area contributed by atoms with Gasteiger partial charge >= 0.3 is 5.97 Å². The van der Waals surface area contributed by atoms with Crippen molar-refractivity contribution in [2.75, 3.05) is 18.6 Å². The fourth-order valence-electron chi connectivity index (χ4n) is 2.27. The standard InChI is InChI=1S/C17H31N5O6S/c1-9(2)14(22-15(26)10(18)6-7-29-3)17(28)21-11(4-5-12(19)23)16(27)20-8-13(24)25/h9-11,14H,4-8,18H2,1-3H3,(H2,19,23)(H,20,27)(H,21,28)(H,22,26)(H,24,25). The second-order valence-electron chi connectivity index (χ2n) is 6.80. The van der Waals surface area contributed by atoms with Crippen molar-refractivity contribution < 1.29 is 29.1 Å². The second-order valence-corrected chi connectivity index (χ2v) is 7.78. The first-order chi connectivity index (χ1) is 13.5. The summed E-state index contributed by atoms with van der Waals surface area (Å²) in [7, 11) is 0. The Morgan fingerprint density at radius 3 is 2.10 bits per heavy atom. The van der Waals surface area contributed by atoms with Crippen molar-refractivity contribution in [2.24, 2.45) is 17.4 Å². The van der Waals surface area contributed by atoms with Crippen LogP contribution in [0.25, 0.3) is 0 Å². The van der Waals surface area contributed by atoms with Gasteiger partial charge in [-0.15, -0.1) is 0 Å². The Labute approximate surface area is 174 Å². The SMILES string of the molecule is CSCCC(N)C(=O)NC(C(=O)NC(CCC(N)=O)C(=O)NCC(=O)O)C(C)C. The molecule has 0 heterocycles. The van der Waals surface area contributed by atoms with E-state index in [1.54, 1.807) is 25.6 Å². The van der Waals surface area contributed by atoms with Crippen molar-refractivity contribution in [1.29, 1.82) is 0 Å². The molecular weight excluding hydrogens is 402 g/mol. The van der Waals surface area contributed by atoms with E-state index in [9.17, 15) is 24.0 Å². The van der Waals surface area contributed by atoms with Crippen molar-refractivity contribution in [1.82, 2.24) is 16.0 Å². The molecule has 4 amide bonds. The first-order valence-corrected chi connectivity index (χ1v) is 10.5. The van der Waals surface area contributed by atoms with E-state index in [4.69, 9.17) is 16.6 Å². The Hall–Kier alpha value is -2.34. The van der Waals surface area contributed by atoms with Crippen LogP contribution in [-0.2, 0) is 24.0 Å². The number of carboxylic acids is 1. The highest BCUT2D eigenvalue weighted by Crippen LogP contribution is 2.06. The summed E-state index contributed by atoms with van der Waals surface area (Å²) in [5.74, 6) is -3.47. The highest BCUT2D eigenvalue weighted by Gasteiger charge is 2.30. The molecule has 0 aliphatic carbocycles. The summed E-state index contributed by atoms with van der Waals surface area (Å²) in [6.45, 7) is 2.78. The van der Waals surface area contributed by atoms with Gasteiger partial charge in [0.1, 0.15) is 18.6 Å². The number of primary amides is 1. The average Bonchev–Trinajstić information content (AvgIpc) is 2.64. The van der Waals surface area contributed by atoms with E-state index >= 15 is 0 Å². The minimum atomic E-state index is -1.26. The molecule has 0 saturated carbocycles. The maximum absolute atomic E-state index is 12.7. The zero-order chi connectivity index (χ0) is 22.6. The Morgan fingerprint density at radius 2 is 1.62 bits per heavy atom.